The summed E-state index contributed by atoms with van der Waals surface area (Å²) in [5.41, 5.74) is 0.937. The van der Waals surface area contributed by atoms with Gasteiger partial charge in [-0.25, -0.2) is 4.98 Å². The van der Waals surface area contributed by atoms with Crippen LogP contribution in [0.4, 0.5) is 0 Å². The third kappa shape index (κ3) is 3.73. The number of benzene rings is 1. The van der Waals surface area contributed by atoms with Crippen LogP contribution in [0.1, 0.15) is 18.3 Å². The van der Waals surface area contributed by atoms with Gasteiger partial charge in [0, 0.05) is 7.05 Å². The van der Waals surface area contributed by atoms with E-state index in [1.807, 2.05) is 6.07 Å². The molecule has 1 atom stereocenters. The van der Waals surface area contributed by atoms with E-state index in [0.717, 1.165) is 0 Å². The summed E-state index contributed by atoms with van der Waals surface area (Å²) in [6.07, 6.45) is -0.718. The van der Waals surface area contributed by atoms with E-state index in [9.17, 15) is 9.59 Å². The average Bonchev–Trinajstić information content (AvgIpc) is 3.10. The zero-order valence-electron chi connectivity index (χ0n) is 14.2. The van der Waals surface area contributed by atoms with Crippen molar-refractivity contribution in [1.29, 1.82) is 5.26 Å². The molecule has 0 saturated carbocycles. The molecule has 26 heavy (non-hydrogen) atoms. The first kappa shape index (κ1) is 17.6. The Balaban J connectivity index is 1.67. The van der Waals surface area contributed by atoms with Gasteiger partial charge in [-0.05, 0) is 42.6 Å². The van der Waals surface area contributed by atoms with Crippen molar-refractivity contribution >= 4 is 27.5 Å². The molecule has 2 aromatic heterocycles. The maximum Gasteiger partial charge on any atom is 0.268 e. The monoisotopic (exact) mass is 368 g/mol. The molecule has 8 heteroatoms. The van der Waals surface area contributed by atoms with Crippen LogP contribution in [-0.2, 0) is 11.3 Å². The first-order valence-electron chi connectivity index (χ1n) is 7.86. The highest BCUT2D eigenvalue weighted by Crippen LogP contribution is 2.16. The summed E-state index contributed by atoms with van der Waals surface area (Å²) in [6.45, 7) is 1.82. The third-order valence-electron chi connectivity index (χ3n) is 3.77. The quantitative estimate of drug-likeness (QED) is 0.745. The minimum atomic E-state index is -0.718. The number of ether oxygens (including phenoxy) is 1. The molecule has 7 nitrogen and oxygen atoms in total. The second-order valence-electron chi connectivity index (χ2n) is 5.74. The predicted octanol–water partition coefficient (Wildman–Crippen LogP) is 2.28. The number of hydrogen-bond acceptors (Lipinski definition) is 6. The SMILES string of the molecule is C[C@H](Oc1ccc(C#N)cc1)C(=O)N(C)Cc1nc2ccsc2c(=O)[nH]1. The normalized spacial score (nSPS) is 11.7. The van der Waals surface area contributed by atoms with E-state index in [0.29, 0.717) is 27.4 Å². The minimum absolute atomic E-state index is 0.168. The van der Waals surface area contributed by atoms with Gasteiger partial charge in [-0.15, -0.1) is 11.3 Å². The smallest absolute Gasteiger partial charge is 0.268 e. The Morgan fingerprint density at radius 1 is 1.38 bits per heavy atom. The third-order valence-corrected chi connectivity index (χ3v) is 4.67. The number of aromatic nitrogens is 2. The van der Waals surface area contributed by atoms with Crippen molar-refractivity contribution in [1.82, 2.24) is 14.9 Å². The first-order valence-corrected chi connectivity index (χ1v) is 8.74. The molecule has 132 valence electrons. The predicted molar refractivity (Wildman–Crippen MR) is 98.0 cm³/mol. The maximum atomic E-state index is 12.5. The van der Waals surface area contributed by atoms with Gasteiger partial charge in [0.05, 0.1) is 23.7 Å². The number of likely N-dealkylation sites (N-methyl/N-ethyl adjacent to an activating group) is 1. The van der Waals surface area contributed by atoms with E-state index in [2.05, 4.69) is 9.97 Å². The Kier molecular flexibility index (Phi) is 5.00. The van der Waals surface area contributed by atoms with Crippen molar-refractivity contribution in [2.24, 2.45) is 0 Å². The number of carbonyl (C=O) groups is 1. The van der Waals surface area contributed by atoms with E-state index in [-0.39, 0.29) is 18.0 Å². The second kappa shape index (κ2) is 7.37. The summed E-state index contributed by atoms with van der Waals surface area (Å²) in [6, 6.07) is 10.3. The highest BCUT2D eigenvalue weighted by Gasteiger charge is 2.20. The van der Waals surface area contributed by atoms with Crippen LogP contribution in [0, 0.1) is 11.3 Å². The van der Waals surface area contributed by atoms with Crippen molar-refractivity contribution < 1.29 is 9.53 Å². The standard InChI is InChI=1S/C18H16N4O3S/c1-11(25-13-5-3-12(9-19)4-6-13)18(24)22(2)10-15-20-14-7-8-26-16(14)17(23)21-15/h3-8,11H,10H2,1-2H3,(H,20,21,23)/t11-/m0/s1. The van der Waals surface area contributed by atoms with Crippen LogP contribution in [0.5, 0.6) is 5.75 Å². The second-order valence-corrected chi connectivity index (χ2v) is 6.65. The zero-order chi connectivity index (χ0) is 18.7. The molecule has 0 fully saturated rings. The lowest BCUT2D eigenvalue weighted by molar-refractivity contribution is -0.137. The molecule has 0 unspecified atom stereocenters. The molecule has 3 rings (SSSR count). The van der Waals surface area contributed by atoms with Gasteiger partial charge in [-0.1, -0.05) is 0 Å². The van der Waals surface area contributed by atoms with E-state index < -0.39 is 6.10 Å². The molecule has 3 aromatic rings. The van der Waals surface area contributed by atoms with E-state index in [4.69, 9.17) is 10.00 Å². The van der Waals surface area contributed by atoms with Gasteiger partial charge in [-0.3, -0.25) is 9.59 Å². The largest absolute Gasteiger partial charge is 0.481 e. The van der Waals surface area contributed by atoms with Gasteiger partial charge in [0.2, 0.25) is 0 Å². The fourth-order valence-corrected chi connectivity index (χ4v) is 3.20. The number of thiophene rings is 1. The fourth-order valence-electron chi connectivity index (χ4n) is 2.47. The lowest BCUT2D eigenvalue weighted by Gasteiger charge is -2.21. The molecule has 0 aliphatic carbocycles. The molecule has 1 N–H and O–H groups in total. The van der Waals surface area contributed by atoms with Crippen molar-refractivity contribution in [2.45, 2.75) is 19.6 Å². The zero-order valence-corrected chi connectivity index (χ0v) is 15.0. The van der Waals surface area contributed by atoms with Gasteiger partial charge in [0.1, 0.15) is 16.3 Å². The molecule has 0 aliphatic heterocycles. The molecule has 0 aliphatic rings. The van der Waals surface area contributed by atoms with Crippen molar-refractivity contribution in [3.05, 3.63) is 57.5 Å². The Hall–Kier alpha value is -3.18. The fraction of sp³-hybridized carbons (Fsp3) is 0.222. The molecule has 1 aromatic carbocycles. The molecule has 0 saturated heterocycles. The topological polar surface area (TPSA) is 99.1 Å². The molecule has 1 amide bonds. The number of rotatable bonds is 5. The maximum absolute atomic E-state index is 12.5. The highest BCUT2D eigenvalue weighted by molar-refractivity contribution is 7.17. The number of H-pyrrole nitrogens is 1. The van der Waals surface area contributed by atoms with Crippen LogP contribution in [0.3, 0.4) is 0 Å². The van der Waals surface area contributed by atoms with Gasteiger partial charge >= 0.3 is 0 Å². The lowest BCUT2D eigenvalue weighted by atomic mass is 10.2. The van der Waals surface area contributed by atoms with Gasteiger partial charge < -0.3 is 14.6 Å². The minimum Gasteiger partial charge on any atom is -0.481 e. The van der Waals surface area contributed by atoms with Crippen LogP contribution in [0.2, 0.25) is 0 Å². The van der Waals surface area contributed by atoms with E-state index >= 15 is 0 Å². The molecular formula is C18H16N4O3S. The number of nitriles is 1. The summed E-state index contributed by atoms with van der Waals surface area (Å²) >= 11 is 1.33. The summed E-state index contributed by atoms with van der Waals surface area (Å²) in [5.74, 6) is 0.675. The van der Waals surface area contributed by atoms with E-state index in [1.165, 1.54) is 16.2 Å². The number of nitrogens with zero attached hydrogens (tertiary/aromatic N) is 3. The van der Waals surface area contributed by atoms with Crippen molar-refractivity contribution in [3.63, 3.8) is 0 Å². The summed E-state index contributed by atoms with van der Waals surface area (Å²) in [7, 11) is 1.62. The summed E-state index contributed by atoms with van der Waals surface area (Å²) in [4.78, 5) is 33.0. The number of aromatic amines is 1. The van der Waals surface area contributed by atoms with Crippen LogP contribution in [0.15, 0.2) is 40.5 Å². The first-order chi connectivity index (χ1) is 12.5. The number of fused-ring (bicyclic) bond motifs is 1. The number of hydrogen-bond donors (Lipinski definition) is 1. The lowest BCUT2D eigenvalue weighted by Crippen LogP contribution is -2.38. The van der Waals surface area contributed by atoms with Crippen LogP contribution in [-0.4, -0.2) is 33.9 Å². The Labute approximate surface area is 153 Å². The molecule has 0 radical (unpaired) electrons. The van der Waals surface area contributed by atoms with Crippen LogP contribution < -0.4 is 10.3 Å². The van der Waals surface area contributed by atoms with Gasteiger partial charge in [0.15, 0.2) is 6.10 Å². The average molecular weight is 368 g/mol. The van der Waals surface area contributed by atoms with Gasteiger partial charge in [-0.2, -0.15) is 5.26 Å². The number of carbonyl (C=O) groups excluding carboxylic acids is 1. The summed E-state index contributed by atoms with van der Waals surface area (Å²) < 4.78 is 6.19. The highest BCUT2D eigenvalue weighted by atomic mass is 32.1. The molecule has 0 bridgehead atoms. The van der Waals surface area contributed by atoms with Crippen molar-refractivity contribution in [2.75, 3.05) is 7.05 Å². The number of amides is 1. The Morgan fingerprint density at radius 2 is 2.12 bits per heavy atom. The molecule has 2 heterocycles. The van der Waals surface area contributed by atoms with Crippen molar-refractivity contribution in [3.8, 4) is 11.8 Å². The van der Waals surface area contributed by atoms with Gasteiger partial charge in [0.25, 0.3) is 11.5 Å². The molecule has 0 spiro atoms. The Morgan fingerprint density at radius 3 is 2.81 bits per heavy atom. The number of nitrogens with one attached hydrogen (secondary N) is 1. The van der Waals surface area contributed by atoms with Crippen LogP contribution in [0.25, 0.3) is 10.2 Å². The van der Waals surface area contributed by atoms with E-state index in [1.54, 1.807) is 49.7 Å². The summed E-state index contributed by atoms with van der Waals surface area (Å²) in [5, 5.41) is 10.6. The Bertz CT molecular complexity index is 1030. The van der Waals surface area contributed by atoms with Crippen LogP contribution >= 0.6 is 11.3 Å². The molecular weight excluding hydrogens is 352 g/mol.